The molecule has 0 spiro atoms. The molecule has 0 aliphatic carbocycles. The monoisotopic (exact) mass is 653 g/mol. The van der Waals surface area contributed by atoms with Gasteiger partial charge in [0.25, 0.3) is 0 Å². The predicted molar refractivity (Wildman–Crippen MR) is 163 cm³/mol. The number of benzene rings is 3. The zero-order valence-corrected chi connectivity index (χ0v) is 25.8. The summed E-state index contributed by atoms with van der Waals surface area (Å²) in [6, 6.07) is 25.1. The smallest absolute Gasteiger partial charge is 0.345 e. The van der Waals surface area contributed by atoms with Crippen LogP contribution in [-0.4, -0.2) is 37.6 Å². The van der Waals surface area contributed by atoms with E-state index in [0.717, 1.165) is 39.7 Å². The van der Waals surface area contributed by atoms with Crippen molar-refractivity contribution in [2.75, 3.05) is 20.8 Å². The van der Waals surface area contributed by atoms with Crippen molar-refractivity contribution >= 4 is 49.9 Å². The molecule has 0 unspecified atom stereocenters. The maximum absolute atomic E-state index is 12.0. The minimum absolute atomic E-state index is 0.164. The van der Waals surface area contributed by atoms with Gasteiger partial charge in [-0.3, -0.25) is 4.90 Å². The molecule has 0 bridgehead atoms. The summed E-state index contributed by atoms with van der Waals surface area (Å²) < 4.78 is 11.6. The van der Waals surface area contributed by atoms with E-state index in [2.05, 4.69) is 105 Å². The summed E-state index contributed by atoms with van der Waals surface area (Å²) in [5.74, 6) is -1.48. The zero-order chi connectivity index (χ0) is 28.4. The number of carbonyl (C=O) groups is 2. The fraction of sp³-hybridized carbons (Fsp3) is 0.250. The molecule has 0 fully saturated rings. The van der Waals surface area contributed by atoms with Crippen molar-refractivity contribution in [2.24, 2.45) is 0 Å². The number of rotatable bonds is 11. The van der Waals surface area contributed by atoms with E-state index in [0.29, 0.717) is 0 Å². The average Bonchev–Trinajstić information content (AvgIpc) is 2.92. The number of carbonyl (C=O) groups excluding carboxylic acids is 2. The number of esters is 2. The fourth-order valence-corrected chi connectivity index (χ4v) is 4.98. The molecule has 0 heterocycles. The molecular weight excluding hydrogens is 622 g/mol. The van der Waals surface area contributed by atoms with Crippen LogP contribution < -0.4 is 0 Å². The second kappa shape index (κ2) is 14.4. The van der Waals surface area contributed by atoms with Gasteiger partial charge in [-0.2, -0.15) is 0 Å². The van der Waals surface area contributed by atoms with E-state index in [9.17, 15) is 9.59 Å². The van der Waals surface area contributed by atoms with Crippen LogP contribution in [0.1, 0.15) is 36.1 Å². The van der Waals surface area contributed by atoms with Gasteiger partial charge in [-0.15, -0.1) is 0 Å². The van der Waals surface area contributed by atoms with Gasteiger partial charge >= 0.3 is 11.9 Å². The van der Waals surface area contributed by atoms with Crippen molar-refractivity contribution in [3.05, 3.63) is 122 Å². The van der Waals surface area contributed by atoms with Gasteiger partial charge in [0.1, 0.15) is 5.57 Å². The molecule has 0 aliphatic rings. The van der Waals surface area contributed by atoms with Crippen molar-refractivity contribution in [1.82, 2.24) is 4.90 Å². The fourth-order valence-electron chi connectivity index (χ4n) is 4.45. The van der Waals surface area contributed by atoms with Gasteiger partial charge in [0.15, 0.2) is 0 Å². The molecule has 3 rings (SSSR count). The quantitative estimate of drug-likeness (QED) is 0.0706. The molecule has 204 valence electrons. The summed E-state index contributed by atoms with van der Waals surface area (Å²) in [7, 11) is 2.46. The van der Waals surface area contributed by atoms with E-state index in [1.54, 1.807) is 6.08 Å². The van der Waals surface area contributed by atoms with Crippen LogP contribution in [0.3, 0.4) is 0 Å². The lowest BCUT2D eigenvalue weighted by Crippen LogP contribution is -2.36. The van der Waals surface area contributed by atoms with Crippen molar-refractivity contribution in [2.45, 2.75) is 32.4 Å². The SMILES string of the molecule is COC(=O)C(=C/C=C/c1ccccc1C(C)(C)CN(Cc1ccc(Br)cc1)Cc1ccc(Br)cc1)C(=O)OC. The minimum atomic E-state index is -0.739. The topological polar surface area (TPSA) is 55.8 Å². The van der Waals surface area contributed by atoms with Crippen molar-refractivity contribution in [3.63, 3.8) is 0 Å². The summed E-state index contributed by atoms with van der Waals surface area (Å²) in [6.07, 6.45) is 5.01. The lowest BCUT2D eigenvalue weighted by atomic mass is 9.81. The molecule has 7 heteroatoms. The largest absolute Gasteiger partial charge is 0.465 e. The number of ether oxygens (including phenoxy) is 2. The Kier molecular flexibility index (Phi) is 11.3. The van der Waals surface area contributed by atoms with Crippen LogP contribution in [-0.2, 0) is 37.6 Å². The van der Waals surface area contributed by atoms with Crippen LogP contribution in [0.4, 0.5) is 0 Å². The maximum Gasteiger partial charge on any atom is 0.345 e. The summed E-state index contributed by atoms with van der Waals surface area (Å²) in [5, 5.41) is 0. The number of hydrogen-bond donors (Lipinski definition) is 0. The van der Waals surface area contributed by atoms with Crippen LogP contribution in [0, 0.1) is 0 Å². The minimum Gasteiger partial charge on any atom is -0.465 e. The highest BCUT2D eigenvalue weighted by molar-refractivity contribution is 9.10. The molecule has 39 heavy (non-hydrogen) atoms. The van der Waals surface area contributed by atoms with E-state index in [1.165, 1.54) is 31.4 Å². The van der Waals surface area contributed by atoms with Gasteiger partial charge in [-0.1, -0.05) is 106 Å². The number of methoxy groups -OCH3 is 2. The standard InChI is InChI=1S/C32H33Br2NO4/c1-32(2,29-11-6-5-8-25(29)9-7-10-28(30(36)38-3)31(37)39-4)22-35(20-23-12-16-26(33)17-13-23)21-24-14-18-27(34)19-15-24/h5-19H,20-22H2,1-4H3/b9-7+. The van der Waals surface area contributed by atoms with E-state index in [1.807, 2.05) is 24.3 Å². The van der Waals surface area contributed by atoms with Gasteiger partial charge in [-0.25, -0.2) is 9.59 Å². The van der Waals surface area contributed by atoms with E-state index < -0.39 is 11.9 Å². The molecule has 0 atom stereocenters. The maximum atomic E-state index is 12.0. The van der Waals surface area contributed by atoms with Crippen LogP contribution in [0.2, 0.25) is 0 Å². The van der Waals surface area contributed by atoms with Crippen LogP contribution >= 0.6 is 31.9 Å². The number of allylic oxidation sites excluding steroid dienone is 2. The second-order valence-corrected chi connectivity index (χ2v) is 11.6. The molecule has 0 saturated heterocycles. The first kappa shape index (κ1) is 30.5. The van der Waals surface area contributed by atoms with Gasteiger partial charge < -0.3 is 9.47 Å². The highest BCUT2D eigenvalue weighted by atomic mass is 79.9. The summed E-state index contributed by atoms with van der Waals surface area (Å²) in [4.78, 5) is 26.5. The predicted octanol–water partition coefficient (Wildman–Crippen LogP) is 7.48. The Labute approximate surface area is 247 Å². The second-order valence-electron chi connectivity index (χ2n) is 9.79. The molecule has 0 aliphatic heterocycles. The molecule has 0 amide bonds. The van der Waals surface area contributed by atoms with Gasteiger partial charge in [-0.05, 0) is 52.6 Å². The summed E-state index contributed by atoms with van der Waals surface area (Å²) in [5.41, 5.74) is 4.25. The Balaban J connectivity index is 1.90. The lowest BCUT2D eigenvalue weighted by Gasteiger charge is -2.34. The number of hydrogen-bond acceptors (Lipinski definition) is 5. The Hall–Kier alpha value is -3.00. The first-order valence-electron chi connectivity index (χ1n) is 12.5. The average molecular weight is 655 g/mol. The molecule has 0 N–H and O–H groups in total. The normalized spacial score (nSPS) is 11.5. The van der Waals surface area contributed by atoms with Crippen molar-refractivity contribution < 1.29 is 19.1 Å². The highest BCUT2D eigenvalue weighted by Crippen LogP contribution is 2.30. The Morgan fingerprint density at radius 3 is 1.77 bits per heavy atom. The molecule has 0 radical (unpaired) electrons. The zero-order valence-electron chi connectivity index (χ0n) is 22.6. The highest BCUT2D eigenvalue weighted by Gasteiger charge is 2.26. The molecule has 0 aromatic heterocycles. The molecule has 0 saturated carbocycles. The third kappa shape index (κ3) is 9.02. The van der Waals surface area contributed by atoms with Crippen molar-refractivity contribution in [1.29, 1.82) is 0 Å². The van der Waals surface area contributed by atoms with Gasteiger partial charge in [0.05, 0.1) is 14.2 Å². The first-order chi connectivity index (χ1) is 18.6. The van der Waals surface area contributed by atoms with E-state index in [-0.39, 0.29) is 11.0 Å². The van der Waals surface area contributed by atoms with Crippen molar-refractivity contribution in [3.8, 4) is 0 Å². The Morgan fingerprint density at radius 1 is 0.795 bits per heavy atom. The third-order valence-electron chi connectivity index (χ3n) is 6.30. The van der Waals surface area contributed by atoms with Crippen LogP contribution in [0.25, 0.3) is 6.08 Å². The third-order valence-corrected chi connectivity index (χ3v) is 7.35. The molecule has 3 aromatic carbocycles. The van der Waals surface area contributed by atoms with E-state index >= 15 is 0 Å². The Morgan fingerprint density at radius 2 is 1.28 bits per heavy atom. The van der Waals surface area contributed by atoms with Gasteiger partial charge in [0.2, 0.25) is 0 Å². The molecule has 3 aromatic rings. The Bertz CT molecular complexity index is 1260. The van der Waals surface area contributed by atoms with Crippen LogP contribution in [0.15, 0.2) is 99.5 Å². The van der Waals surface area contributed by atoms with E-state index in [4.69, 9.17) is 9.47 Å². The summed E-state index contributed by atoms with van der Waals surface area (Å²) in [6.45, 7) is 6.87. The molecule has 5 nitrogen and oxygen atoms in total. The lowest BCUT2D eigenvalue weighted by molar-refractivity contribution is -0.144. The number of nitrogens with zero attached hydrogens (tertiary/aromatic N) is 1. The number of halogens is 2. The summed E-state index contributed by atoms with van der Waals surface area (Å²) >= 11 is 7.07. The van der Waals surface area contributed by atoms with Crippen LogP contribution in [0.5, 0.6) is 0 Å². The molecular formula is C32H33Br2NO4. The first-order valence-corrected chi connectivity index (χ1v) is 14.1. The van der Waals surface area contributed by atoms with Gasteiger partial charge in [0, 0.05) is 34.0 Å².